The number of anilines is 1. The van der Waals surface area contributed by atoms with E-state index in [1.54, 1.807) is 36.5 Å². The predicted molar refractivity (Wildman–Crippen MR) is 70.8 cm³/mol. The van der Waals surface area contributed by atoms with E-state index in [1.807, 2.05) is 18.2 Å². The third-order valence-electron chi connectivity index (χ3n) is 2.12. The zero-order chi connectivity index (χ0) is 12.1. The van der Waals surface area contributed by atoms with Crippen molar-refractivity contribution in [2.45, 2.75) is 0 Å². The Morgan fingerprint density at radius 1 is 1.12 bits per heavy atom. The van der Waals surface area contributed by atoms with E-state index in [9.17, 15) is 5.11 Å². The summed E-state index contributed by atoms with van der Waals surface area (Å²) < 4.78 is 0. The van der Waals surface area contributed by atoms with Crippen molar-refractivity contribution in [3.8, 4) is 5.75 Å². The van der Waals surface area contributed by atoms with Crippen LogP contribution in [0, 0.1) is 0 Å². The summed E-state index contributed by atoms with van der Waals surface area (Å²) in [5.41, 5.74) is 4.55. The van der Waals surface area contributed by atoms with Crippen molar-refractivity contribution in [3.63, 3.8) is 0 Å². The van der Waals surface area contributed by atoms with Crippen LogP contribution in [0.2, 0.25) is 5.02 Å². The first-order chi connectivity index (χ1) is 8.24. The molecule has 0 amide bonds. The molecule has 0 aliphatic carbocycles. The van der Waals surface area contributed by atoms with Crippen molar-refractivity contribution in [3.05, 3.63) is 59.1 Å². The Kier molecular flexibility index (Phi) is 3.62. The van der Waals surface area contributed by atoms with Gasteiger partial charge in [0.15, 0.2) is 0 Å². The fourth-order valence-corrected chi connectivity index (χ4v) is 1.44. The summed E-state index contributed by atoms with van der Waals surface area (Å²) in [4.78, 5) is 0. The van der Waals surface area contributed by atoms with E-state index in [0.29, 0.717) is 5.02 Å². The first kappa shape index (κ1) is 11.5. The lowest BCUT2D eigenvalue weighted by molar-refractivity contribution is 0.475. The van der Waals surface area contributed by atoms with Gasteiger partial charge in [0.05, 0.1) is 11.9 Å². The maximum Gasteiger partial charge on any atom is 0.116 e. The summed E-state index contributed by atoms with van der Waals surface area (Å²) in [6.45, 7) is 0. The second kappa shape index (κ2) is 5.37. The van der Waals surface area contributed by atoms with E-state index < -0.39 is 0 Å². The SMILES string of the molecule is Oc1cccc(/C=N/Nc2ccc(Cl)cc2)c1. The number of halogens is 1. The molecule has 0 bridgehead atoms. The van der Waals surface area contributed by atoms with Gasteiger partial charge in [0, 0.05) is 5.02 Å². The number of benzene rings is 2. The molecule has 0 radical (unpaired) electrons. The van der Waals surface area contributed by atoms with Gasteiger partial charge in [-0.2, -0.15) is 5.10 Å². The van der Waals surface area contributed by atoms with Crippen molar-refractivity contribution in [1.82, 2.24) is 0 Å². The van der Waals surface area contributed by atoms with Crippen molar-refractivity contribution in [1.29, 1.82) is 0 Å². The molecular formula is C13H11ClN2O. The van der Waals surface area contributed by atoms with Crippen molar-refractivity contribution < 1.29 is 5.11 Å². The number of hydrazone groups is 1. The van der Waals surface area contributed by atoms with E-state index in [0.717, 1.165) is 11.3 Å². The van der Waals surface area contributed by atoms with Crippen LogP contribution in [0.3, 0.4) is 0 Å². The van der Waals surface area contributed by atoms with Crippen LogP contribution in [-0.2, 0) is 0 Å². The summed E-state index contributed by atoms with van der Waals surface area (Å²) >= 11 is 5.77. The van der Waals surface area contributed by atoms with Crippen LogP contribution in [0.4, 0.5) is 5.69 Å². The molecule has 2 aromatic carbocycles. The molecule has 2 N–H and O–H groups in total. The minimum absolute atomic E-state index is 0.223. The first-order valence-corrected chi connectivity index (χ1v) is 5.45. The largest absolute Gasteiger partial charge is 0.508 e. The summed E-state index contributed by atoms with van der Waals surface area (Å²) in [5.74, 6) is 0.223. The number of nitrogens with zero attached hydrogens (tertiary/aromatic N) is 1. The fourth-order valence-electron chi connectivity index (χ4n) is 1.31. The summed E-state index contributed by atoms with van der Waals surface area (Å²) in [5, 5.41) is 14.0. The van der Waals surface area contributed by atoms with Gasteiger partial charge in [-0.25, -0.2) is 0 Å². The normalized spacial score (nSPS) is 10.6. The maximum atomic E-state index is 9.26. The number of nitrogens with one attached hydrogen (secondary N) is 1. The molecule has 0 fully saturated rings. The molecule has 0 unspecified atom stereocenters. The van der Waals surface area contributed by atoms with Crippen LogP contribution in [0.25, 0.3) is 0 Å². The molecule has 0 aliphatic heterocycles. The van der Waals surface area contributed by atoms with Crippen molar-refractivity contribution >= 4 is 23.5 Å². The van der Waals surface area contributed by atoms with Crippen LogP contribution < -0.4 is 5.43 Å². The van der Waals surface area contributed by atoms with E-state index in [4.69, 9.17) is 11.6 Å². The summed E-state index contributed by atoms with van der Waals surface area (Å²) in [6, 6.07) is 14.1. The minimum Gasteiger partial charge on any atom is -0.508 e. The predicted octanol–water partition coefficient (Wildman–Crippen LogP) is 3.49. The Hall–Kier alpha value is -2.00. The molecule has 0 saturated carbocycles. The van der Waals surface area contributed by atoms with Gasteiger partial charge in [-0.3, -0.25) is 5.43 Å². The van der Waals surface area contributed by atoms with E-state index in [1.165, 1.54) is 0 Å². The van der Waals surface area contributed by atoms with Crippen LogP contribution in [-0.4, -0.2) is 11.3 Å². The zero-order valence-corrected chi connectivity index (χ0v) is 9.72. The Balaban J connectivity index is 2.00. The molecule has 0 aromatic heterocycles. The smallest absolute Gasteiger partial charge is 0.116 e. The number of hydrogen-bond acceptors (Lipinski definition) is 3. The Bertz CT molecular complexity index is 523. The monoisotopic (exact) mass is 246 g/mol. The Morgan fingerprint density at radius 2 is 1.88 bits per heavy atom. The number of phenols is 1. The number of hydrogen-bond donors (Lipinski definition) is 2. The van der Waals surface area contributed by atoms with Crippen molar-refractivity contribution in [2.75, 3.05) is 5.43 Å². The standard InChI is InChI=1S/C13H11ClN2O/c14-11-4-6-12(7-5-11)16-15-9-10-2-1-3-13(17)8-10/h1-9,16-17H/b15-9+. The molecule has 0 heterocycles. The Morgan fingerprint density at radius 3 is 2.59 bits per heavy atom. The lowest BCUT2D eigenvalue weighted by Gasteiger charge is -1.99. The highest BCUT2D eigenvalue weighted by Crippen LogP contribution is 2.13. The number of rotatable bonds is 3. The van der Waals surface area contributed by atoms with Crippen LogP contribution >= 0.6 is 11.6 Å². The Labute approximate surface area is 104 Å². The first-order valence-electron chi connectivity index (χ1n) is 5.08. The van der Waals surface area contributed by atoms with Gasteiger partial charge in [0.25, 0.3) is 0 Å². The van der Waals surface area contributed by atoms with Crippen molar-refractivity contribution in [2.24, 2.45) is 5.10 Å². The average Bonchev–Trinajstić information content (AvgIpc) is 2.32. The molecule has 2 aromatic rings. The molecule has 4 heteroatoms. The fraction of sp³-hybridized carbons (Fsp3) is 0. The minimum atomic E-state index is 0.223. The molecule has 0 atom stereocenters. The van der Waals surface area contributed by atoms with Gasteiger partial charge >= 0.3 is 0 Å². The topological polar surface area (TPSA) is 44.6 Å². The summed E-state index contributed by atoms with van der Waals surface area (Å²) in [7, 11) is 0. The molecule has 0 aliphatic rings. The molecule has 2 rings (SSSR count). The molecule has 0 saturated heterocycles. The number of phenolic OH excluding ortho intramolecular Hbond substituents is 1. The zero-order valence-electron chi connectivity index (χ0n) is 8.97. The quantitative estimate of drug-likeness (QED) is 0.643. The molecule has 3 nitrogen and oxygen atoms in total. The van der Waals surface area contributed by atoms with Gasteiger partial charge < -0.3 is 5.11 Å². The van der Waals surface area contributed by atoms with Crippen LogP contribution in [0.5, 0.6) is 5.75 Å². The van der Waals surface area contributed by atoms with Gasteiger partial charge in [0.1, 0.15) is 5.75 Å². The van der Waals surface area contributed by atoms with Gasteiger partial charge in [0.2, 0.25) is 0 Å². The molecule has 0 spiro atoms. The maximum absolute atomic E-state index is 9.26. The average molecular weight is 247 g/mol. The molecule has 86 valence electrons. The highest BCUT2D eigenvalue weighted by atomic mass is 35.5. The van der Waals surface area contributed by atoms with E-state index in [2.05, 4.69) is 10.5 Å². The van der Waals surface area contributed by atoms with E-state index in [-0.39, 0.29) is 5.75 Å². The third kappa shape index (κ3) is 3.50. The lowest BCUT2D eigenvalue weighted by Crippen LogP contribution is -1.89. The number of aromatic hydroxyl groups is 1. The highest BCUT2D eigenvalue weighted by Gasteiger charge is 1.91. The van der Waals surface area contributed by atoms with E-state index >= 15 is 0 Å². The molecular weight excluding hydrogens is 236 g/mol. The van der Waals surface area contributed by atoms with Gasteiger partial charge in [-0.15, -0.1) is 0 Å². The second-order valence-corrected chi connectivity index (χ2v) is 3.91. The highest BCUT2D eigenvalue weighted by molar-refractivity contribution is 6.30. The van der Waals surface area contributed by atoms with Gasteiger partial charge in [-0.05, 0) is 42.0 Å². The van der Waals surface area contributed by atoms with Gasteiger partial charge in [-0.1, -0.05) is 23.7 Å². The third-order valence-corrected chi connectivity index (χ3v) is 2.37. The second-order valence-electron chi connectivity index (χ2n) is 3.47. The lowest BCUT2D eigenvalue weighted by atomic mass is 10.2. The van der Waals surface area contributed by atoms with Crippen LogP contribution in [0.15, 0.2) is 53.6 Å². The summed E-state index contributed by atoms with van der Waals surface area (Å²) in [6.07, 6.45) is 1.63. The van der Waals surface area contributed by atoms with Crippen LogP contribution in [0.1, 0.15) is 5.56 Å². The molecule has 17 heavy (non-hydrogen) atoms.